The first-order valence-corrected chi connectivity index (χ1v) is 7.97. The van der Waals surface area contributed by atoms with Crippen LogP contribution in [-0.2, 0) is 5.41 Å². The summed E-state index contributed by atoms with van der Waals surface area (Å²) in [5.74, 6) is -0.0607. The lowest BCUT2D eigenvalue weighted by Gasteiger charge is -2.29. The molecule has 1 unspecified atom stereocenters. The zero-order valence-corrected chi connectivity index (χ0v) is 12.9. The van der Waals surface area contributed by atoms with Gasteiger partial charge in [-0.25, -0.2) is 4.39 Å². The van der Waals surface area contributed by atoms with Crippen LogP contribution in [0.1, 0.15) is 84.1 Å². The molecule has 0 aliphatic heterocycles. The zero-order chi connectivity index (χ0) is 14.1. The summed E-state index contributed by atoms with van der Waals surface area (Å²) in [7, 11) is 0. The first-order valence-electron chi connectivity index (χ1n) is 7.97. The van der Waals surface area contributed by atoms with Crippen LogP contribution in [-0.4, -0.2) is 4.98 Å². The van der Waals surface area contributed by atoms with E-state index in [2.05, 4.69) is 25.8 Å². The Morgan fingerprint density at radius 2 is 1.53 bits per heavy atom. The molecule has 1 atom stereocenters. The molecule has 0 bridgehead atoms. The van der Waals surface area contributed by atoms with Crippen molar-refractivity contribution >= 4 is 0 Å². The maximum absolute atomic E-state index is 13.9. The Morgan fingerprint density at radius 3 is 2.05 bits per heavy atom. The van der Waals surface area contributed by atoms with E-state index in [1.807, 2.05) is 6.20 Å². The highest BCUT2D eigenvalue weighted by molar-refractivity contribution is 5.22. The average molecular weight is 267 g/mol. The number of halogens is 1. The standard InChI is InChI=1S/C17H30FN/c1-4-6-8-10-12-17(3,11-9-7-5-2)15-13-19-14-16(15)18/h13-14,19H,4-12H2,1-3H3. The monoisotopic (exact) mass is 267 g/mol. The van der Waals surface area contributed by atoms with Gasteiger partial charge in [0.25, 0.3) is 0 Å². The van der Waals surface area contributed by atoms with E-state index in [0.29, 0.717) is 0 Å². The molecule has 1 aromatic heterocycles. The third-order valence-corrected chi connectivity index (χ3v) is 4.26. The van der Waals surface area contributed by atoms with E-state index in [1.165, 1.54) is 51.1 Å². The molecule has 0 aromatic carbocycles. The molecule has 0 amide bonds. The quantitative estimate of drug-likeness (QED) is 0.503. The van der Waals surface area contributed by atoms with Gasteiger partial charge >= 0.3 is 0 Å². The number of H-pyrrole nitrogens is 1. The van der Waals surface area contributed by atoms with Gasteiger partial charge < -0.3 is 4.98 Å². The van der Waals surface area contributed by atoms with Crippen LogP contribution in [0.2, 0.25) is 0 Å². The first kappa shape index (κ1) is 16.3. The zero-order valence-electron chi connectivity index (χ0n) is 12.9. The first-order chi connectivity index (χ1) is 9.14. The van der Waals surface area contributed by atoms with Gasteiger partial charge in [-0.15, -0.1) is 0 Å². The van der Waals surface area contributed by atoms with Gasteiger partial charge in [-0.05, 0) is 18.3 Å². The second kappa shape index (κ2) is 8.39. The van der Waals surface area contributed by atoms with E-state index < -0.39 is 0 Å². The topological polar surface area (TPSA) is 15.8 Å². The van der Waals surface area contributed by atoms with Crippen molar-refractivity contribution in [3.05, 3.63) is 23.8 Å². The van der Waals surface area contributed by atoms with Gasteiger partial charge in [0, 0.05) is 18.0 Å². The molecule has 0 saturated heterocycles. The highest BCUT2D eigenvalue weighted by atomic mass is 19.1. The lowest BCUT2D eigenvalue weighted by molar-refractivity contribution is 0.354. The summed E-state index contributed by atoms with van der Waals surface area (Å²) in [5, 5.41) is 0. The smallest absolute Gasteiger partial charge is 0.144 e. The van der Waals surface area contributed by atoms with Crippen molar-refractivity contribution in [3.63, 3.8) is 0 Å². The van der Waals surface area contributed by atoms with E-state index >= 15 is 0 Å². The Hall–Kier alpha value is -0.790. The molecule has 0 aliphatic rings. The summed E-state index contributed by atoms with van der Waals surface area (Å²) in [6.45, 7) is 6.68. The largest absolute Gasteiger partial charge is 0.365 e. The van der Waals surface area contributed by atoms with Crippen molar-refractivity contribution in [1.29, 1.82) is 0 Å². The molecule has 0 radical (unpaired) electrons. The fraction of sp³-hybridized carbons (Fsp3) is 0.765. The van der Waals surface area contributed by atoms with Crippen LogP contribution in [0.4, 0.5) is 4.39 Å². The number of hydrogen-bond acceptors (Lipinski definition) is 0. The lowest BCUT2D eigenvalue weighted by Crippen LogP contribution is -2.22. The molecule has 2 heteroatoms. The molecule has 1 N–H and O–H groups in total. The van der Waals surface area contributed by atoms with E-state index in [0.717, 1.165) is 18.4 Å². The second-order valence-corrected chi connectivity index (χ2v) is 6.05. The number of aromatic amines is 1. The summed E-state index contributed by atoms with van der Waals surface area (Å²) >= 11 is 0. The van der Waals surface area contributed by atoms with Gasteiger partial charge in [-0.2, -0.15) is 0 Å². The lowest BCUT2D eigenvalue weighted by atomic mass is 9.75. The number of aromatic nitrogens is 1. The van der Waals surface area contributed by atoms with Crippen LogP contribution in [0, 0.1) is 5.82 Å². The molecule has 1 nitrogen and oxygen atoms in total. The molecule has 0 spiro atoms. The van der Waals surface area contributed by atoms with E-state index in [4.69, 9.17) is 0 Å². The van der Waals surface area contributed by atoms with Crippen LogP contribution < -0.4 is 0 Å². The van der Waals surface area contributed by atoms with Crippen molar-refractivity contribution in [2.75, 3.05) is 0 Å². The van der Waals surface area contributed by atoms with Crippen molar-refractivity contribution in [1.82, 2.24) is 4.98 Å². The summed E-state index contributed by atoms with van der Waals surface area (Å²) in [6, 6.07) is 0. The SMILES string of the molecule is CCCCCCC(C)(CCCCC)c1c[nH]cc1F. The molecular weight excluding hydrogens is 237 g/mol. The fourth-order valence-corrected chi connectivity index (χ4v) is 2.91. The molecule has 1 rings (SSSR count). The van der Waals surface area contributed by atoms with Crippen molar-refractivity contribution < 1.29 is 4.39 Å². The van der Waals surface area contributed by atoms with Crippen LogP contribution in [0.5, 0.6) is 0 Å². The molecule has 0 aliphatic carbocycles. The maximum atomic E-state index is 13.9. The highest BCUT2D eigenvalue weighted by Gasteiger charge is 2.29. The predicted molar refractivity (Wildman–Crippen MR) is 81.0 cm³/mol. The highest BCUT2D eigenvalue weighted by Crippen LogP contribution is 2.36. The van der Waals surface area contributed by atoms with Gasteiger partial charge in [-0.1, -0.05) is 65.7 Å². The number of hydrogen-bond donors (Lipinski definition) is 1. The molecule has 0 saturated carbocycles. The molecule has 0 fully saturated rings. The third kappa shape index (κ3) is 5.00. The minimum atomic E-state index is -0.0607. The number of rotatable bonds is 10. The summed E-state index contributed by atoms with van der Waals surface area (Å²) in [4.78, 5) is 2.92. The van der Waals surface area contributed by atoms with Gasteiger partial charge in [0.1, 0.15) is 5.82 Å². The predicted octanol–water partition coefficient (Wildman–Crippen LogP) is 5.96. The van der Waals surface area contributed by atoms with Gasteiger partial charge in [0.2, 0.25) is 0 Å². The summed E-state index contributed by atoms with van der Waals surface area (Å²) < 4.78 is 13.9. The second-order valence-electron chi connectivity index (χ2n) is 6.05. The fourth-order valence-electron chi connectivity index (χ4n) is 2.91. The van der Waals surface area contributed by atoms with Crippen LogP contribution >= 0.6 is 0 Å². The molecular formula is C17H30FN. The third-order valence-electron chi connectivity index (χ3n) is 4.26. The van der Waals surface area contributed by atoms with Crippen molar-refractivity contribution in [2.24, 2.45) is 0 Å². The Balaban J connectivity index is 2.64. The Labute approximate surface area is 118 Å². The normalized spacial score (nSPS) is 14.5. The van der Waals surface area contributed by atoms with E-state index in [9.17, 15) is 4.39 Å². The average Bonchev–Trinajstić information content (AvgIpc) is 2.82. The molecule has 1 heterocycles. The summed E-state index contributed by atoms with van der Waals surface area (Å²) in [6.07, 6.45) is 14.2. The Kier molecular flexibility index (Phi) is 7.19. The minimum absolute atomic E-state index is 0.00694. The van der Waals surface area contributed by atoms with E-state index in [1.54, 1.807) is 0 Å². The van der Waals surface area contributed by atoms with Crippen molar-refractivity contribution in [2.45, 2.75) is 84.0 Å². The van der Waals surface area contributed by atoms with Crippen molar-refractivity contribution in [3.8, 4) is 0 Å². The molecule has 1 aromatic rings. The van der Waals surface area contributed by atoms with Gasteiger partial charge in [-0.3, -0.25) is 0 Å². The van der Waals surface area contributed by atoms with Crippen LogP contribution in [0.3, 0.4) is 0 Å². The Bertz CT molecular complexity index is 345. The minimum Gasteiger partial charge on any atom is -0.365 e. The number of unbranched alkanes of at least 4 members (excludes halogenated alkanes) is 5. The summed E-state index contributed by atoms with van der Waals surface area (Å²) in [5.41, 5.74) is 0.896. The van der Waals surface area contributed by atoms with Crippen LogP contribution in [0.15, 0.2) is 12.4 Å². The van der Waals surface area contributed by atoms with Gasteiger partial charge in [0.05, 0.1) is 0 Å². The van der Waals surface area contributed by atoms with Gasteiger partial charge in [0.15, 0.2) is 0 Å². The Morgan fingerprint density at radius 1 is 0.947 bits per heavy atom. The van der Waals surface area contributed by atoms with E-state index in [-0.39, 0.29) is 11.2 Å². The molecule has 110 valence electrons. The number of nitrogens with one attached hydrogen (secondary N) is 1. The van der Waals surface area contributed by atoms with Crippen LogP contribution in [0.25, 0.3) is 0 Å². The maximum Gasteiger partial charge on any atom is 0.144 e. The molecule has 19 heavy (non-hydrogen) atoms.